The quantitative estimate of drug-likeness (QED) is 0.115. The van der Waals surface area contributed by atoms with Crippen molar-refractivity contribution in [3.8, 4) is 5.75 Å². The van der Waals surface area contributed by atoms with E-state index < -0.39 is 25.9 Å². The average molecular weight is 597 g/mol. The Hall–Kier alpha value is -2.49. The molecule has 0 unspecified atom stereocenters. The second-order valence-electron chi connectivity index (χ2n) is 9.65. The molecule has 40 heavy (non-hydrogen) atoms. The van der Waals surface area contributed by atoms with Gasteiger partial charge in [0, 0.05) is 14.7 Å². The lowest BCUT2D eigenvalue weighted by molar-refractivity contribution is -0.0496. The summed E-state index contributed by atoms with van der Waals surface area (Å²) in [6, 6.07) is 22.8. The minimum Gasteiger partial charge on any atom is -0.494 e. The van der Waals surface area contributed by atoms with Crippen LogP contribution in [0.2, 0.25) is 0 Å². The minimum absolute atomic E-state index is 0.309. The van der Waals surface area contributed by atoms with Gasteiger partial charge in [0.25, 0.3) is 0 Å². The van der Waals surface area contributed by atoms with Crippen molar-refractivity contribution in [2.45, 2.75) is 91.3 Å². The number of ether oxygens (including phenoxy) is 1. The van der Waals surface area contributed by atoms with Crippen LogP contribution in [0.5, 0.6) is 5.75 Å². The van der Waals surface area contributed by atoms with E-state index in [-0.39, 0.29) is 0 Å². The van der Waals surface area contributed by atoms with E-state index in [4.69, 9.17) is 8.37 Å². The zero-order valence-electron chi connectivity index (χ0n) is 22.9. The molecule has 0 N–H and O–H groups in total. The van der Waals surface area contributed by atoms with Crippen molar-refractivity contribution in [1.82, 2.24) is 0 Å². The molecule has 0 aliphatic heterocycles. The van der Waals surface area contributed by atoms with Gasteiger partial charge in [-0.3, -0.25) is 0 Å². The van der Waals surface area contributed by atoms with Crippen LogP contribution >= 0.6 is 10.3 Å². The van der Waals surface area contributed by atoms with Crippen molar-refractivity contribution in [1.29, 1.82) is 0 Å². The molecule has 0 saturated carbocycles. The molecule has 4 nitrogen and oxygen atoms in total. The van der Waals surface area contributed by atoms with Gasteiger partial charge < -0.3 is 4.74 Å². The van der Waals surface area contributed by atoms with Crippen LogP contribution in [-0.4, -0.2) is 20.5 Å². The summed E-state index contributed by atoms with van der Waals surface area (Å²) in [7, 11) is -9.24. The number of hydrogen-bond donors (Lipinski definition) is 0. The topological polar surface area (TPSA) is 52.6 Å². The summed E-state index contributed by atoms with van der Waals surface area (Å²) >= 11 is 0. The Kier molecular flexibility index (Phi) is 12.4. The van der Waals surface area contributed by atoms with Crippen LogP contribution in [-0.2, 0) is 13.7 Å². The van der Waals surface area contributed by atoms with E-state index in [1.54, 1.807) is 84.9 Å². The Morgan fingerprint density at radius 1 is 0.600 bits per heavy atom. The van der Waals surface area contributed by atoms with Crippen LogP contribution in [0.4, 0.5) is 13.2 Å². The summed E-state index contributed by atoms with van der Waals surface area (Å²) < 4.78 is 76.8. The highest BCUT2D eigenvalue weighted by molar-refractivity contribution is 8.33. The Morgan fingerprint density at radius 2 is 1.02 bits per heavy atom. The van der Waals surface area contributed by atoms with Gasteiger partial charge in [0.05, 0.1) is 6.61 Å². The third kappa shape index (κ3) is 8.75. The molecule has 3 aromatic carbocycles. The highest BCUT2D eigenvalue weighted by Gasteiger charge is 2.52. The summed E-state index contributed by atoms with van der Waals surface area (Å²) in [5, 5.41) is 0. The van der Waals surface area contributed by atoms with Crippen LogP contribution < -0.4 is 4.74 Å². The van der Waals surface area contributed by atoms with Gasteiger partial charge in [0.1, 0.15) is 5.75 Å². The average Bonchev–Trinajstić information content (AvgIpc) is 2.95. The van der Waals surface area contributed by atoms with Crippen LogP contribution in [0, 0.1) is 0 Å². The molecule has 3 aromatic rings. The number of alkyl halides is 3. The lowest BCUT2D eigenvalue weighted by Gasteiger charge is -2.39. The van der Waals surface area contributed by atoms with E-state index in [0.29, 0.717) is 27.0 Å². The fourth-order valence-corrected chi connectivity index (χ4v) is 9.17. The molecule has 0 heterocycles. The van der Waals surface area contributed by atoms with E-state index in [2.05, 4.69) is 6.92 Å². The van der Waals surface area contributed by atoms with Gasteiger partial charge in [-0.05, 0) is 65.3 Å². The van der Waals surface area contributed by atoms with E-state index in [1.165, 1.54) is 51.4 Å². The first kappa shape index (κ1) is 32.0. The molecular weight excluding hydrogens is 557 g/mol. The molecule has 0 amide bonds. The molecule has 0 fully saturated rings. The van der Waals surface area contributed by atoms with Crippen molar-refractivity contribution in [3.63, 3.8) is 0 Å². The van der Waals surface area contributed by atoms with Gasteiger partial charge in [0.15, 0.2) is 0 Å². The normalized spacial score (nSPS) is 12.8. The second kappa shape index (κ2) is 15.5. The Balaban J connectivity index is 1.74. The minimum atomic E-state index is -5.94. The highest BCUT2D eigenvalue weighted by Crippen LogP contribution is 2.70. The SMILES string of the molecule is CCCCCCCCCCCCOc1ccc(S(OS(=O)(=O)C(F)(F)F)(c2ccccc2)c2ccccc2)cc1. The fourth-order valence-electron chi connectivity index (χ4n) is 4.43. The first-order valence-electron chi connectivity index (χ1n) is 13.9. The smallest absolute Gasteiger partial charge is 0.494 e. The summed E-state index contributed by atoms with van der Waals surface area (Å²) in [5.74, 6) is 0.563. The number of hydrogen-bond acceptors (Lipinski definition) is 4. The molecule has 3 rings (SSSR count). The van der Waals surface area contributed by atoms with Gasteiger partial charge in [-0.25, -0.2) is 0 Å². The Labute approximate surface area is 238 Å². The van der Waals surface area contributed by atoms with E-state index >= 15 is 0 Å². The van der Waals surface area contributed by atoms with Gasteiger partial charge in [-0.2, -0.15) is 25.2 Å². The lowest BCUT2D eigenvalue weighted by atomic mass is 10.1. The summed E-state index contributed by atoms with van der Waals surface area (Å²) in [6.07, 6.45) is 12.2. The van der Waals surface area contributed by atoms with Gasteiger partial charge >= 0.3 is 15.6 Å². The molecule has 220 valence electrons. The first-order chi connectivity index (χ1) is 19.2. The molecule has 0 aliphatic carbocycles. The van der Waals surface area contributed by atoms with E-state index in [9.17, 15) is 21.6 Å². The number of rotatable bonds is 17. The van der Waals surface area contributed by atoms with Crippen molar-refractivity contribution in [2.75, 3.05) is 6.61 Å². The molecular formula is C31H39F3O4S2. The van der Waals surface area contributed by atoms with Crippen molar-refractivity contribution >= 4 is 20.4 Å². The van der Waals surface area contributed by atoms with Gasteiger partial charge in [0.2, 0.25) is 0 Å². The Bertz CT molecular complexity index is 1190. The maximum absolute atomic E-state index is 13.6. The van der Waals surface area contributed by atoms with Crippen LogP contribution in [0.1, 0.15) is 71.1 Å². The summed E-state index contributed by atoms with van der Waals surface area (Å²) in [4.78, 5) is 0.963. The maximum Gasteiger partial charge on any atom is 0.524 e. The summed E-state index contributed by atoms with van der Waals surface area (Å²) in [6.45, 7) is 2.75. The van der Waals surface area contributed by atoms with Crippen LogP contribution in [0.15, 0.2) is 99.6 Å². The first-order valence-corrected chi connectivity index (χ1v) is 16.9. The second-order valence-corrected chi connectivity index (χ2v) is 14.1. The van der Waals surface area contributed by atoms with E-state index in [0.717, 1.165) is 12.8 Å². The molecule has 9 heteroatoms. The zero-order valence-corrected chi connectivity index (χ0v) is 24.6. The maximum atomic E-state index is 13.6. The predicted octanol–water partition coefficient (Wildman–Crippen LogP) is 10.0. The Morgan fingerprint density at radius 3 is 1.48 bits per heavy atom. The molecule has 0 bridgehead atoms. The molecule has 0 aliphatic rings. The van der Waals surface area contributed by atoms with Crippen LogP contribution in [0.25, 0.3) is 0 Å². The molecule has 0 spiro atoms. The monoisotopic (exact) mass is 596 g/mol. The number of unbranched alkanes of at least 4 members (excludes halogenated alkanes) is 9. The largest absolute Gasteiger partial charge is 0.524 e. The number of benzene rings is 3. The zero-order chi connectivity index (χ0) is 28.9. The van der Waals surface area contributed by atoms with E-state index in [1.807, 2.05) is 0 Å². The third-order valence-corrected chi connectivity index (χ3v) is 11.5. The predicted molar refractivity (Wildman–Crippen MR) is 155 cm³/mol. The highest BCUT2D eigenvalue weighted by atomic mass is 32.3. The third-order valence-electron chi connectivity index (χ3n) is 6.55. The fraction of sp³-hybridized carbons (Fsp3) is 0.419. The molecule has 0 aromatic heterocycles. The van der Waals surface area contributed by atoms with Crippen molar-refractivity contribution < 1.29 is 30.0 Å². The van der Waals surface area contributed by atoms with Crippen LogP contribution in [0.3, 0.4) is 0 Å². The molecule has 0 saturated heterocycles. The molecule has 0 atom stereocenters. The molecule has 0 radical (unpaired) electrons. The van der Waals surface area contributed by atoms with Gasteiger partial charge in [-0.1, -0.05) is 101 Å². The standard InChI is InChI=1S/C31H39F3O4S2/c1-2-3-4-5-6-7-8-9-10-17-26-37-27-22-24-30(25-23-27)39(28-18-13-11-14-19-28,29-20-15-12-16-21-29)38-40(35,36)31(32,33)34/h11-16,18-25H,2-10,17,26H2,1H3. The lowest BCUT2D eigenvalue weighted by Crippen LogP contribution is -2.27. The summed E-state index contributed by atoms with van der Waals surface area (Å²) in [5.41, 5.74) is -5.58. The van der Waals surface area contributed by atoms with Gasteiger partial charge in [-0.15, -0.1) is 0 Å². The van der Waals surface area contributed by atoms with Crippen molar-refractivity contribution in [3.05, 3.63) is 84.9 Å². The number of halogens is 3. The van der Waals surface area contributed by atoms with Crippen molar-refractivity contribution in [2.24, 2.45) is 0 Å².